The number of rotatable bonds is 4. The van der Waals surface area contributed by atoms with Gasteiger partial charge in [-0.15, -0.1) is 24.0 Å². The molecule has 1 aromatic carbocycles. The van der Waals surface area contributed by atoms with Crippen molar-refractivity contribution in [3.05, 3.63) is 29.8 Å². The predicted molar refractivity (Wildman–Crippen MR) is 120 cm³/mol. The summed E-state index contributed by atoms with van der Waals surface area (Å²) in [6, 6.07) is 7.72. The maximum absolute atomic E-state index is 11.2. The van der Waals surface area contributed by atoms with Crippen LogP contribution in [0.15, 0.2) is 29.3 Å². The van der Waals surface area contributed by atoms with Gasteiger partial charge in [-0.3, -0.25) is 5.32 Å². The van der Waals surface area contributed by atoms with Crippen molar-refractivity contribution in [3.63, 3.8) is 0 Å². The van der Waals surface area contributed by atoms with Crippen LogP contribution in [-0.4, -0.2) is 43.7 Å². The topological polar surface area (TPSA) is 66.0 Å². The number of anilines is 1. The molecule has 6 nitrogen and oxygen atoms in total. The average Bonchev–Trinajstić information content (AvgIpc) is 3.10. The first kappa shape index (κ1) is 21.8. The van der Waals surface area contributed by atoms with E-state index >= 15 is 0 Å². The number of halogens is 1. The van der Waals surface area contributed by atoms with Crippen molar-refractivity contribution >= 4 is 41.7 Å². The molecule has 27 heavy (non-hydrogen) atoms. The molecule has 0 bridgehead atoms. The number of fused-ring (bicyclic) bond motifs is 1. The third kappa shape index (κ3) is 5.99. The summed E-state index contributed by atoms with van der Waals surface area (Å²) in [5, 5.41) is 6.11. The van der Waals surface area contributed by atoms with Gasteiger partial charge in [0.2, 0.25) is 0 Å². The van der Waals surface area contributed by atoms with E-state index < -0.39 is 6.09 Å². The fraction of sp³-hybridized carbons (Fsp3) is 0.600. The third-order valence-corrected chi connectivity index (χ3v) is 5.41. The van der Waals surface area contributed by atoms with Crippen molar-refractivity contribution in [1.29, 1.82) is 0 Å². The molecule has 1 aliphatic heterocycles. The summed E-state index contributed by atoms with van der Waals surface area (Å²) in [5.74, 6) is 2.71. The van der Waals surface area contributed by atoms with Crippen molar-refractivity contribution in [1.82, 2.24) is 10.2 Å². The summed E-state index contributed by atoms with van der Waals surface area (Å²) < 4.78 is 4.60. The number of carbonyl (C=O) groups excluding carboxylic acids is 1. The van der Waals surface area contributed by atoms with Crippen LogP contribution in [0.2, 0.25) is 0 Å². The van der Waals surface area contributed by atoms with Crippen molar-refractivity contribution < 1.29 is 9.53 Å². The van der Waals surface area contributed by atoms with E-state index in [2.05, 4.69) is 27.2 Å². The molecule has 3 rings (SSSR count). The monoisotopic (exact) mass is 486 g/mol. The number of carbonyl (C=O) groups is 1. The van der Waals surface area contributed by atoms with E-state index in [9.17, 15) is 4.79 Å². The van der Waals surface area contributed by atoms with Gasteiger partial charge >= 0.3 is 6.09 Å². The summed E-state index contributed by atoms with van der Waals surface area (Å²) in [4.78, 5) is 18.5. The van der Waals surface area contributed by atoms with Crippen molar-refractivity contribution in [2.75, 3.05) is 32.1 Å². The molecule has 2 atom stereocenters. The first-order valence-corrected chi connectivity index (χ1v) is 9.66. The van der Waals surface area contributed by atoms with Crippen LogP contribution < -0.4 is 10.6 Å². The van der Waals surface area contributed by atoms with E-state index in [4.69, 9.17) is 4.99 Å². The Labute approximate surface area is 179 Å². The van der Waals surface area contributed by atoms with Gasteiger partial charge < -0.3 is 15.0 Å². The lowest BCUT2D eigenvalue weighted by Crippen LogP contribution is -2.40. The van der Waals surface area contributed by atoms with Gasteiger partial charge in [0, 0.05) is 25.3 Å². The zero-order valence-electron chi connectivity index (χ0n) is 16.2. The fourth-order valence-corrected chi connectivity index (χ4v) is 4.03. The average molecular weight is 486 g/mol. The second-order valence-electron chi connectivity index (χ2n) is 7.19. The molecule has 0 radical (unpaired) electrons. The summed E-state index contributed by atoms with van der Waals surface area (Å²) in [6.07, 6.45) is 5.05. The lowest BCUT2D eigenvalue weighted by atomic mass is 9.82. The molecule has 1 heterocycles. The molecule has 1 aliphatic carbocycles. The number of hydrogen-bond donors (Lipinski definition) is 2. The van der Waals surface area contributed by atoms with E-state index in [-0.39, 0.29) is 24.0 Å². The van der Waals surface area contributed by atoms with E-state index in [1.54, 1.807) is 0 Å². The number of amides is 1. The van der Waals surface area contributed by atoms with Gasteiger partial charge in [-0.1, -0.05) is 25.0 Å². The number of likely N-dealkylation sites (tertiary alicyclic amines) is 1. The number of benzene rings is 1. The Morgan fingerprint density at radius 2 is 1.81 bits per heavy atom. The van der Waals surface area contributed by atoms with Crippen molar-refractivity contribution in [3.8, 4) is 0 Å². The number of aliphatic imine (C=N–C) groups is 1. The van der Waals surface area contributed by atoms with Crippen LogP contribution >= 0.6 is 24.0 Å². The van der Waals surface area contributed by atoms with Crippen LogP contribution in [0.1, 0.15) is 38.2 Å². The minimum Gasteiger partial charge on any atom is -0.453 e. The van der Waals surface area contributed by atoms with Gasteiger partial charge in [0.25, 0.3) is 0 Å². The first-order valence-electron chi connectivity index (χ1n) is 9.66. The van der Waals surface area contributed by atoms with Gasteiger partial charge in [0.05, 0.1) is 13.7 Å². The van der Waals surface area contributed by atoms with Crippen LogP contribution in [0.4, 0.5) is 10.5 Å². The second kappa shape index (κ2) is 10.7. The van der Waals surface area contributed by atoms with Crippen molar-refractivity contribution in [2.24, 2.45) is 16.8 Å². The molecular weight excluding hydrogens is 455 g/mol. The van der Waals surface area contributed by atoms with Gasteiger partial charge in [-0.25, -0.2) is 9.79 Å². The van der Waals surface area contributed by atoms with E-state index in [1.165, 1.54) is 32.8 Å². The molecule has 1 aromatic rings. The summed E-state index contributed by atoms with van der Waals surface area (Å²) in [7, 11) is 1.36. The number of nitrogens with one attached hydrogen (secondary N) is 2. The molecule has 7 heteroatoms. The summed E-state index contributed by atoms with van der Waals surface area (Å²) in [6.45, 7) is 5.90. The molecule has 1 amide bonds. The largest absolute Gasteiger partial charge is 0.453 e. The number of nitrogens with zero attached hydrogens (tertiary/aromatic N) is 2. The Morgan fingerprint density at radius 1 is 1.19 bits per heavy atom. The number of guanidine groups is 1. The SMILES string of the molecule is CCNC(=NCc1ccc(NC(=O)OC)cc1)N1CC2CCCCC2C1.I. The van der Waals surface area contributed by atoms with Crippen LogP contribution in [0.25, 0.3) is 0 Å². The van der Waals surface area contributed by atoms with Gasteiger partial charge in [0.15, 0.2) is 5.96 Å². The molecule has 2 N–H and O–H groups in total. The number of hydrogen-bond acceptors (Lipinski definition) is 3. The van der Waals surface area contributed by atoms with Gasteiger partial charge in [0.1, 0.15) is 0 Å². The Kier molecular flexibility index (Phi) is 8.66. The van der Waals surface area contributed by atoms with Crippen LogP contribution in [0.5, 0.6) is 0 Å². The molecule has 2 unspecified atom stereocenters. The first-order chi connectivity index (χ1) is 12.7. The fourth-order valence-electron chi connectivity index (χ4n) is 4.03. The third-order valence-electron chi connectivity index (χ3n) is 5.41. The Hall–Kier alpha value is -1.51. The minimum absolute atomic E-state index is 0. The summed E-state index contributed by atoms with van der Waals surface area (Å²) in [5.41, 5.74) is 1.84. The van der Waals surface area contributed by atoms with Crippen molar-refractivity contribution in [2.45, 2.75) is 39.2 Å². The smallest absolute Gasteiger partial charge is 0.411 e. The van der Waals surface area contributed by atoms with Gasteiger partial charge in [-0.05, 0) is 49.3 Å². The molecule has 1 saturated carbocycles. The van der Waals surface area contributed by atoms with Crippen LogP contribution in [-0.2, 0) is 11.3 Å². The van der Waals surface area contributed by atoms with Crippen LogP contribution in [0, 0.1) is 11.8 Å². The number of ether oxygens (including phenoxy) is 1. The van der Waals surface area contributed by atoms with E-state index in [0.717, 1.165) is 48.7 Å². The molecule has 1 saturated heterocycles. The van der Waals surface area contributed by atoms with Gasteiger partial charge in [-0.2, -0.15) is 0 Å². The molecule has 150 valence electrons. The quantitative estimate of drug-likeness (QED) is 0.383. The lowest BCUT2D eigenvalue weighted by Gasteiger charge is -2.22. The molecule has 0 aromatic heterocycles. The highest BCUT2D eigenvalue weighted by Gasteiger charge is 2.35. The summed E-state index contributed by atoms with van der Waals surface area (Å²) >= 11 is 0. The molecule has 0 spiro atoms. The highest BCUT2D eigenvalue weighted by atomic mass is 127. The highest BCUT2D eigenvalue weighted by Crippen LogP contribution is 2.36. The Bertz CT molecular complexity index is 621. The van der Waals surface area contributed by atoms with Crippen LogP contribution in [0.3, 0.4) is 0 Å². The normalized spacial score (nSPS) is 21.9. The van der Waals surface area contributed by atoms with E-state index in [1.807, 2.05) is 24.3 Å². The zero-order chi connectivity index (χ0) is 18.4. The Balaban J connectivity index is 0.00000261. The lowest BCUT2D eigenvalue weighted by molar-refractivity contribution is 0.187. The molecule has 2 aliphatic rings. The standard InChI is InChI=1S/C20H30N4O2.HI/c1-3-21-19(24-13-16-6-4-5-7-17(16)14-24)22-12-15-8-10-18(11-9-15)23-20(25)26-2;/h8-11,16-17H,3-7,12-14H2,1-2H3,(H,21,22)(H,23,25);1H. The molecular formula is C20H31IN4O2. The highest BCUT2D eigenvalue weighted by molar-refractivity contribution is 14.0. The second-order valence-corrected chi connectivity index (χ2v) is 7.19. The zero-order valence-corrected chi connectivity index (χ0v) is 18.6. The predicted octanol–water partition coefficient (Wildman–Crippen LogP) is 4.07. The van der Waals surface area contributed by atoms with E-state index in [0.29, 0.717) is 6.54 Å². The number of methoxy groups -OCH3 is 1. The Morgan fingerprint density at radius 3 is 2.37 bits per heavy atom. The maximum Gasteiger partial charge on any atom is 0.411 e. The maximum atomic E-state index is 11.2. The minimum atomic E-state index is -0.458. The molecule has 2 fully saturated rings.